The molecule has 2 fully saturated rings. The van der Waals surface area contributed by atoms with Crippen LogP contribution >= 0.6 is 0 Å². The molecule has 1 aromatic carbocycles. The zero-order chi connectivity index (χ0) is 17.2. The van der Waals surface area contributed by atoms with E-state index in [1.165, 1.54) is 24.8 Å². The van der Waals surface area contributed by atoms with Crippen molar-refractivity contribution in [1.82, 2.24) is 20.0 Å². The van der Waals surface area contributed by atoms with E-state index in [0.717, 1.165) is 19.5 Å². The Morgan fingerprint density at radius 1 is 1.16 bits per heavy atom. The van der Waals surface area contributed by atoms with Crippen LogP contribution in [0.2, 0.25) is 0 Å². The van der Waals surface area contributed by atoms with Gasteiger partial charge in [-0.25, -0.2) is 0 Å². The number of aromatic nitrogens is 2. The van der Waals surface area contributed by atoms with Crippen molar-refractivity contribution in [3.05, 3.63) is 53.9 Å². The lowest BCUT2D eigenvalue weighted by atomic mass is 9.88. The van der Waals surface area contributed by atoms with Crippen LogP contribution in [0.3, 0.4) is 0 Å². The van der Waals surface area contributed by atoms with E-state index in [2.05, 4.69) is 45.6 Å². The Morgan fingerprint density at radius 2 is 2.00 bits per heavy atom. The van der Waals surface area contributed by atoms with Gasteiger partial charge in [-0.15, -0.1) is 0 Å². The zero-order valence-electron chi connectivity index (χ0n) is 14.8. The molecule has 0 saturated carbocycles. The van der Waals surface area contributed by atoms with Crippen molar-refractivity contribution in [2.45, 2.75) is 43.7 Å². The summed E-state index contributed by atoms with van der Waals surface area (Å²) in [5, 5.41) is 8.09. The normalized spacial score (nSPS) is 26.8. The molecule has 1 N–H and O–H groups in total. The van der Waals surface area contributed by atoms with E-state index in [9.17, 15) is 4.79 Å². The average molecular weight is 338 g/mol. The number of benzene rings is 1. The number of carbonyl (C=O) groups excluding carboxylic acids is 1. The van der Waals surface area contributed by atoms with Gasteiger partial charge in [-0.1, -0.05) is 43.2 Å². The van der Waals surface area contributed by atoms with Crippen LogP contribution in [0.5, 0.6) is 0 Å². The summed E-state index contributed by atoms with van der Waals surface area (Å²) in [6.45, 7) is 1.80. The maximum atomic E-state index is 13.1. The van der Waals surface area contributed by atoms with Crippen LogP contribution in [0, 0.1) is 0 Å². The molecule has 3 heterocycles. The number of nitrogens with one attached hydrogen (secondary N) is 1. The van der Waals surface area contributed by atoms with E-state index in [1.54, 1.807) is 4.68 Å². The summed E-state index contributed by atoms with van der Waals surface area (Å²) in [5.74, 6) is 0.411. The first kappa shape index (κ1) is 16.3. The predicted molar refractivity (Wildman–Crippen MR) is 97.5 cm³/mol. The molecule has 0 bridgehead atoms. The number of amides is 1. The van der Waals surface area contributed by atoms with Gasteiger partial charge in [0.1, 0.15) is 5.69 Å². The molecule has 25 heavy (non-hydrogen) atoms. The second-order valence-corrected chi connectivity index (χ2v) is 7.25. The van der Waals surface area contributed by atoms with Crippen LogP contribution in [0.15, 0.2) is 42.6 Å². The van der Waals surface area contributed by atoms with Gasteiger partial charge in [0.2, 0.25) is 0 Å². The summed E-state index contributed by atoms with van der Waals surface area (Å²) in [6.07, 6.45) is 6.55. The molecule has 2 saturated heterocycles. The monoisotopic (exact) mass is 338 g/mol. The van der Waals surface area contributed by atoms with E-state index < -0.39 is 0 Å². The van der Waals surface area contributed by atoms with E-state index in [4.69, 9.17) is 0 Å². The molecule has 5 nitrogen and oxygen atoms in total. The third kappa shape index (κ3) is 3.21. The number of hydrogen-bond donors (Lipinski definition) is 1. The largest absolute Gasteiger partial charge is 0.332 e. The Morgan fingerprint density at radius 3 is 2.76 bits per heavy atom. The summed E-state index contributed by atoms with van der Waals surface area (Å²) < 4.78 is 1.70. The quantitative estimate of drug-likeness (QED) is 0.915. The first-order chi connectivity index (χ1) is 12.2. The highest BCUT2D eigenvalue weighted by molar-refractivity contribution is 5.92. The minimum absolute atomic E-state index is 0.0661. The number of hydrogen-bond acceptors (Lipinski definition) is 3. The minimum atomic E-state index is 0.0661. The molecule has 132 valence electrons. The first-order valence-corrected chi connectivity index (χ1v) is 9.33. The molecule has 1 aromatic heterocycles. The number of likely N-dealkylation sites (tertiary alicyclic amines) is 1. The lowest BCUT2D eigenvalue weighted by molar-refractivity contribution is 0.0706. The summed E-state index contributed by atoms with van der Waals surface area (Å²) in [4.78, 5) is 15.2. The molecule has 2 aliphatic heterocycles. The fraction of sp³-hybridized carbons (Fsp3) is 0.500. The predicted octanol–water partition coefficient (Wildman–Crippen LogP) is 2.56. The van der Waals surface area contributed by atoms with Crippen molar-refractivity contribution >= 4 is 5.91 Å². The fourth-order valence-corrected chi connectivity index (χ4v) is 4.38. The Bertz CT molecular complexity index is 726. The maximum Gasteiger partial charge on any atom is 0.274 e. The first-order valence-electron chi connectivity index (χ1n) is 9.33. The molecule has 0 aliphatic carbocycles. The summed E-state index contributed by atoms with van der Waals surface area (Å²) in [6, 6.07) is 13.0. The van der Waals surface area contributed by atoms with Gasteiger partial charge < -0.3 is 10.2 Å². The maximum absolute atomic E-state index is 13.1. The van der Waals surface area contributed by atoms with Crippen molar-refractivity contribution in [2.24, 2.45) is 7.05 Å². The second-order valence-electron chi connectivity index (χ2n) is 7.25. The topological polar surface area (TPSA) is 50.2 Å². The van der Waals surface area contributed by atoms with Crippen LogP contribution in [0.1, 0.15) is 47.7 Å². The highest BCUT2D eigenvalue weighted by atomic mass is 16.2. The Hall–Kier alpha value is -2.14. The van der Waals surface area contributed by atoms with Gasteiger partial charge in [-0.05, 0) is 31.0 Å². The second kappa shape index (κ2) is 7.00. The van der Waals surface area contributed by atoms with E-state index >= 15 is 0 Å². The van der Waals surface area contributed by atoms with Crippen molar-refractivity contribution in [3.63, 3.8) is 0 Å². The molecule has 5 heteroatoms. The number of aryl methyl sites for hydroxylation is 1. The van der Waals surface area contributed by atoms with Crippen molar-refractivity contribution in [2.75, 3.05) is 13.1 Å². The Kier molecular flexibility index (Phi) is 4.57. The third-order valence-corrected chi connectivity index (χ3v) is 5.62. The van der Waals surface area contributed by atoms with Crippen LogP contribution in [0.25, 0.3) is 0 Å². The van der Waals surface area contributed by atoms with Gasteiger partial charge >= 0.3 is 0 Å². The van der Waals surface area contributed by atoms with Gasteiger partial charge in [0, 0.05) is 37.8 Å². The fourth-order valence-electron chi connectivity index (χ4n) is 4.38. The molecule has 1 amide bonds. The minimum Gasteiger partial charge on any atom is -0.332 e. The Balaban J connectivity index is 1.65. The SMILES string of the molecule is Cn1ccc(C(=O)N2C[C@@H](c3ccccc3)[C@@H]3NCCCCC[C@@H]32)n1. The molecule has 0 unspecified atom stereocenters. The van der Waals surface area contributed by atoms with E-state index in [1.807, 2.05) is 19.3 Å². The smallest absolute Gasteiger partial charge is 0.274 e. The van der Waals surface area contributed by atoms with Crippen LogP contribution in [-0.2, 0) is 7.05 Å². The molecular formula is C20H26N4O. The molecule has 2 aliphatic rings. The van der Waals surface area contributed by atoms with Gasteiger partial charge in [-0.3, -0.25) is 9.48 Å². The number of fused-ring (bicyclic) bond motifs is 1. The summed E-state index contributed by atoms with van der Waals surface area (Å²) >= 11 is 0. The number of rotatable bonds is 2. The number of nitrogens with zero attached hydrogens (tertiary/aromatic N) is 3. The van der Waals surface area contributed by atoms with Crippen LogP contribution < -0.4 is 5.32 Å². The highest BCUT2D eigenvalue weighted by Gasteiger charge is 2.44. The Labute approximate surface area is 149 Å². The van der Waals surface area contributed by atoms with Gasteiger partial charge in [0.15, 0.2) is 0 Å². The van der Waals surface area contributed by atoms with E-state index in [-0.39, 0.29) is 11.9 Å². The van der Waals surface area contributed by atoms with Gasteiger partial charge in [-0.2, -0.15) is 5.10 Å². The van der Waals surface area contributed by atoms with Crippen LogP contribution in [-0.4, -0.2) is 45.8 Å². The lowest BCUT2D eigenvalue weighted by Crippen LogP contribution is -2.47. The van der Waals surface area contributed by atoms with Crippen molar-refractivity contribution in [3.8, 4) is 0 Å². The van der Waals surface area contributed by atoms with Gasteiger partial charge in [0.05, 0.1) is 0 Å². The van der Waals surface area contributed by atoms with Crippen molar-refractivity contribution < 1.29 is 4.79 Å². The highest BCUT2D eigenvalue weighted by Crippen LogP contribution is 2.36. The third-order valence-electron chi connectivity index (χ3n) is 5.62. The van der Waals surface area contributed by atoms with Gasteiger partial charge in [0.25, 0.3) is 5.91 Å². The summed E-state index contributed by atoms with van der Waals surface area (Å²) in [5.41, 5.74) is 1.87. The zero-order valence-corrected chi connectivity index (χ0v) is 14.8. The molecule has 4 rings (SSSR count). The average Bonchev–Trinajstić information content (AvgIpc) is 3.19. The molecule has 2 aromatic rings. The molecule has 0 radical (unpaired) electrons. The standard InChI is InChI=1S/C20H26N4O/c1-23-13-11-17(22-23)20(25)24-14-16(15-8-4-2-5-9-15)19-18(24)10-6-3-7-12-21-19/h2,4-5,8-9,11,13,16,18-19,21H,3,6-7,10,12,14H2,1H3/t16-,18-,19-/m0/s1. The molecular weight excluding hydrogens is 312 g/mol. The number of carbonyl (C=O) groups is 1. The van der Waals surface area contributed by atoms with Crippen LogP contribution in [0.4, 0.5) is 0 Å². The van der Waals surface area contributed by atoms with Crippen molar-refractivity contribution in [1.29, 1.82) is 0 Å². The summed E-state index contributed by atoms with van der Waals surface area (Å²) in [7, 11) is 1.85. The molecule has 0 spiro atoms. The molecule has 3 atom stereocenters. The van der Waals surface area contributed by atoms with E-state index in [0.29, 0.717) is 17.7 Å². The lowest BCUT2D eigenvalue weighted by Gasteiger charge is -2.31.